The van der Waals surface area contributed by atoms with Crippen molar-refractivity contribution < 1.29 is 13.2 Å². The molecule has 0 N–H and O–H groups in total. The molecule has 2 aromatic carbocycles. The number of piperidine rings is 1. The Morgan fingerprint density at radius 1 is 0.871 bits per heavy atom. The standard InChI is InChI=1S/C24H25N3O3S/c28-24(26-15-11-21(12-16-26)25-13-3-4-14-25)20-7-5-8-22(18-20)31(29,30)27-17-10-19-6-1-2-9-23(19)27/h1-9,13-14,18,21H,10-12,15-17H2. The molecule has 0 bridgehead atoms. The zero-order chi connectivity index (χ0) is 21.4. The van der Waals surface area contributed by atoms with Gasteiger partial charge in [0.2, 0.25) is 0 Å². The van der Waals surface area contributed by atoms with Gasteiger partial charge in [-0.25, -0.2) is 8.42 Å². The van der Waals surface area contributed by atoms with Gasteiger partial charge in [0.25, 0.3) is 15.9 Å². The molecule has 0 radical (unpaired) electrons. The van der Waals surface area contributed by atoms with Crippen molar-refractivity contribution in [2.45, 2.75) is 30.2 Å². The Morgan fingerprint density at radius 2 is 1.61 bits per heavy atom. The Bertz CT molecular complexity index is 1200. The van der Waals surface area contributed by atoms with Gasteiger partial charge in [0.05, 0.1) is 10.6 Å². The maximum Gasteiger partial charge on any atom is 0.264 e. The molecule has 1 aromatic heterocycles. The summed E-state index contributed by atoms with van der Waals surface area (Å²) in [6, 6.07) is 18.5. The molecule has 1 saturated heterocycles. The topological polar surface area (TPSA) is 62.6 Å². The second-order valence-corrected chi connectivity index (χ2v) is 10.00. The Morgan fingerprint density at radius 3 is 2.39 bits per heavy atom. The van der Waals surface area contributed by atoms with Crippen molar-refractivity contribution in [3.8, 4) is 0 Å². The fraction of sp³-hybridized carbons (Fsp3) is 0.292. The van der Waals surface area contributed by atoms with Gasteiger partial charge in [0.1, 0.15) is 0 Å². The zero-order valence-corrected chi connectivity index (χ0v) is 18.0. The quantitative estimate of drug-likeness (QED) is 0.628. The average molecular weight is 436 g/mol. The summed E-state index contributed by atoms with van der Waals surface area (Å²) < 4.78 is 30.3. The fourth-order valence-corrected chi connectivity index (χ4v) is 6.17. The minimum absolute atomic E-state index is 0.107. The summed E-state index contributed by atoms with van der Waals surface area (Å²) in [6.07, 6.45) is 6.61. The number of aromatic nitrogens is 1. The normalized spacial score (nSPS) is 17.0. The molecule has 1 amide bonds. The number of nitrogens with zero attached hydrogens (tertiary/aromatic N) is 3. The van der Waals surface area contributed by atoms with Crippen LogP contribution in [0.15, 0.2) is 78.0 Å². The third-order valence-corrected chi connectivity index (χ3v) is 8.12. The molecule has 1 fully saturated rings. The lowest BCUT2D eigenvalue weighted by Crippen LogP contribution is -2.39. The number of anilines is 1. The minimum atomic E-state index is -3.72. The molecule has 3 aromatic rings. The van der Waals surface area contributed by atoms with E-state index < -0.39 is 10.0 Å². The first-order valence-electron chi connectivity index (χ1n) is 10.7. The molecule has 0 unspecified atom stereocenters. The number of sulfonamides is 1. The van der Waals surface area contributed by atoms with Crippen LogP contribution < -0.4 is 4.31 Å². The first-order chi connectivity index (χ1) is 15.0. The van der Waals surface area contributed by atoms with Crippen molar-refractivity contribution in [3.05, 3.63) is 84.2 Å². The highest BCUT2D eigenvalue weighted by molar-refractivity contribution is 7.92. The zero-order valence-electron chi connectivity index (χ0n) is 17.2. The van der Waals surface area contributed by atoms with Crippen LogP contribution in [-0.4, -0.2) is 43.4 Å². The van der Waals surface area contributed by atoms with E-state index in [0.29, 0.717) is 37.7 Å². The lowest BCUT2D eigenvalue weighted by Gasteiger charge is -2.33. The average Bonchev–Trinajstić information content (AvgIpc) is 3.49. The van der Waals surface area contributed by atoms with Crippen LogP contribution >= 0.6 is 0 Å². The first-order valence-corrected chi connectivity index (χ1v) is 12.1. The molecule has 0 spiro atoms. The molecule has 3 heterocycles. The maximum absolute atomic E-state index is 13.3. The van der Waals surface area contributed by atoms with Gasteiger partial charge in [0.15, 0.2) is 0 Å². The highest BCUT2D eigenvalue weighted by Crippen LogP contribution is 2.33. The lowest BCUT2D eigenvalue weighted by atomic mass is 10.0. The molecule has 0 aliphatic carbocycles. The van der Waals surface area contributed by atoms with Gasteiger partial charge in [-0.2, -0.15) is 0 Å². The van der Waals surface area contributed by atoms with Gasteiger partial charge in [-0.05, 0) is 61.2 Å². The van der Waals surface area contributed by atoms with Crippen molar-refractivity contribution in [2.24, 2.45) is 0 Å². The number of carbonyl (C=O) groups is 1. The van der Waals surface area contributed by atoms with Crippen LogP contribution in [0, 0.1) is 0 Å². The van der Waals surface area contributed by atoms with Crippen LogP contribution in [0.3, 0.4) is 0 Å². The summed E-state index contributed by atoms with van der Waals surface area (Å²) in [5, 5.41) is 0. The number of rotatable bonds is 4. The summed E-state index contributed by atoms with van der Waals surface area (Å²) in [5.74, 6) is -0.107. The Balaban J connectivity index is 1.34. The van der Waals surface area contributed by atoms with Gasteiger partial charge < -0.3 is 9.47 Å². The molecule has 0 atom stereocenters. The van der Waals surface area contributed by atoms with Crippen LogP contribution in [0.4, 0.5) is 5.69 Å². The lowest BCUT2D eigenvalue weighted by molar-refractivity contribution is 0.0694. The van der Waals surface area contributed by atoms with E-state index in [4.69, 9.17) is 0 Å². The fourth-order valence-electron chi connectivity index (χ4n) is 4.62. The van der Waals surface area contributed by atoms with Gasteiger partial charge in [-0.3, -0.25) is 9.10 Å². The van der Waals surface area contributed by atoms with Gasteiger partial charge in [-0.1, -0.05) is 24.3 Å². The summed E-state index contributed by atoms with van der Waals surface area (Å²) in [6.45, 7) is 1.75. The van der Waals surface area contributed by atoms with Crippen LogP contribution in [0.2, 0.25) is 0 Å². The number of fused-ring (bicyclic) bond motifs is 1. The van der Waals surface area contributed by atoms with Crippen molar-refractivity contribution >= 4 is 21.6 Å². The van der Waals surface area contributed by atoms with E-state index in [2.05, 4.69) is 17.0 Å². The van der Waals surface area contributed by atoms with E-state index in [0.717, 1.165) is 24.1 Å². The predicted molar refractivity (Wildman–Crippen MR) is 120 cm³/mol. The highest BCUT2D eigenvalue weighted by atomic mass is 32.2. The molecule has 0 saturated carbocycles. The number of hydrogen-bond donors (Lipinski definition) is 0. The number of para-hydroxylation sites is 1. The van der Waals surface area contributed by atoms with E-state index in [1.54, 1.807) is 18.2 Å². The van der Waals surface area contributed by atoms with Crippen molar-refractivity contribution in [3.63, 3.8) is 0 Å². The monoisotopic (exact) mass is 435 g/mol. The largest absolute Gasteiger partial charge is 0.351 e. The number of hydrogen-bond acceptors (Lipinski definition) is 3. The molecule has 6 nitrogen and oxygen atoms in total. The molecule has 31 heavy (non-hydrogen) atoms. The number of amides is 1. The third kappa shape index (κ3) is 3.63. The number of carbonyl (C=O) groups excluding carboxylic acids is 1. The smallest absolute Gasteiger partial charge is 0.264 e. The SMILES string of the molecule is O=C(c1cccc(S(=O)(=O)N2CCc3ccccc32)c1)N1CCC(n2cccc2)CC1. The Kier molecular flexibility index (Phi) is 5.06. The molecular weight excluding hydrogens is 410 g/mol. The van der Waals surface area contributed by atoms with Gasteiger partial charge in [0, 0.05) is 43.6 Å². The molecule has 5 rings (SSSR count). The summed E-state index contributed by atoms with van der Waals surface area (Å²) >= 11 is 0. The van der Waals surface area contributed by atoms with Crippen LogP contribution in [0.25, 0.3) is 0 Å². The van der Waals surface area contributed by atoms with E-state index in [1.807, 2.05) is 41.3 Å². The Labute approximate surface area is 182 Å². The highest BCUT2D eigenvalue weighted by Gasteiger charge is 2.31. The number of benzene rings is 2. The molecule has 2 aliphatic heterocycles. The number of likely N-dealkylation sites (tertiary alicyclic amines) is 1. The van der Waals surface area contributed by atoms with Crippen molar-refractivity contribution in [1.29, 1.82) is 0 Å². The van der Waals surface area contributed by atoms with Crippen LogP contribution in [-0.2, 0) is 16.4 Å². The third-order valence-electron chi connectivity index (χ3n) is 6.31. The summed E-state index contributed by atoms with van der Waals surface area (Å²) in [4.78, 5) is 15.1. The van der Waals surface area contributed by atoms with Crippen molar-refractivity contribution in [1.82, 2.24) is 9.47 Å². The Hall–Kier alpha value is -3.06. The van der Waals surface area contributed by atoms with Crippen LogP contribution in [0.1, 0.15) is 34.8 Å². The van der Waals surface area contributed by atoms with Crippen molar-refractivity contribution in [2.75, 3.05) is 23.9 Å². The van der Waals surface area contributed by atoms with Gasteiger partial charge >= 0.3 is 0 Å². The first kappa shape index (κ1) is 19.9. The minimum Gasteiger partial charge on any atom is -0.351 e. The maximum atomic E-state index is 13.3. The second kappa shape index (κ2) is 7.89. The second-order valence-electron chi connectivity index (χ2n) is 8.14. The molecular formula is C24H25N3O3S. The van der Waals surface area contributed by atoms with Crippen LogP contribution in [0.5, 0.6) is 0 Å². The van der Waals surface area contributed by atoms with E-state index >= 15 is 0 Å². The molecule has 7 heteroatoms. The van der Waals surface area contributed by atoms with E-state index in [1.165, 1.54) is 10.4 Å². The van der Waals surface area contributed by atoms with Gasteiger partial charge in [-0.15, -0.1) is 0 Å². The summed E-state index contributed by atoms with van der Waals surface area (Å²) in [7, 11) is -3.72. The summed E-state index contributed by atoms with van der Waals surface area (Å²) in [5.41, 5.74) is 2.18. The van der Waals surface area contributed by atoms with E-state index in [-0.39, 0.29) is 10.8 Å². The predicted octanol–water partition coefficient (Wildman–Crippen LogP) is 3.72. The molecule has 2 aliphatic rings. The molecule has 160 valence electrons. The van der Waals surface area contributed by atoms with E-state index in [9.17, 15) is 13.2 Å².